The van der Waals surface area contributed by atoms with Crippen molar-refractivity contribution < 1.29 is 14.0 Å². The molecule has 2 aliphatic rings. The quantitative estimate of drug-likeness (QED) is 0.414. The largest absolute Gasteiger partial charge is 0.411 e. The molecule has 3 heterocycles. The van der Waals surface area contributed by atoms with Crippen LogP contribution in [0.2, 0.25) is 5.02 Å². The average Bonchev–Trinajstić information content (AvgIpc) is 3.34. The number of pyridine rings is 1. The van der Waals surface area contributed by atoms with Gasteiger partial charge in [-0.2, -0.15) is 0 Å². The van der Waals surface area contributed by atoms with Gasteiger partial charge < -0.3 is 10.5 Å². The van der Waals surface area contributed by atoms with Crippen LogP contribution in [0.25, 0.3) is 0 Å². The fraction of sp³-hybridized carbons (Fsp3) is 0.381. The molecule has 0 saturated carbocycles. The highest BCUT2D eigenvalue weighted by Crippen LogP contribution is 2.26. The van der Waals surface area contributed by atoms with Crippen molar-refractivity contribution in [2.45, 2.75) is 25.4 Å². The van der Waals surface area contributed by atoms with E-state index in [-0.39, 0.29) is 5.02 Å². The highest BCUT2D eigenvalue weighted by atomic mass is 35.5. The minimum Gasteiger partial charge on any atom is -0.411 e. The summed E-state index contributed by atoms with van der Waals surface area (Å²) in [6, 6.07) is 6.21. The van der Waals surface area contributed by atoms with E-state index < -0.39 is 12.0 Å². The van der Waals surface area contributed by atoms with Crippen LogP contribution in [0, 0.1) is 5.82 Å². The second kappa shape index (κ2) is 9.06. The van der Waals surface area contributed by atoms with Crippen molar-refractivity contribution in [2.24, 2.45) is 10.1 Å². The Kier molecular flexibility index (Phi) is 6.24. The first-order chi connectivity index (χ1) is 14.5. The van der Waals surface area contributed by atoms with E-state index in [9.17, 15) is 14.0 Å². The normalized spacial score (nSPS) is 20.6. The third-order valence-electron chi connectivity index (χ3n) is 5.38. The fourth-order valence-corrected chi connectivity index (χ4v) is 4.04. The fourth-order valence-electron chi connectivity index (χ4n) is 3.84. The molecule has 1 aromatic heterocycles. The summed E-state index contributed by atoms with van der Waals surface area (Å²) in [5.41, 5.74) is 2.81. The van der Waals surface area contributed by atoms with Gasteiger partial charge in [-0.05, 0) is 30.2 Å². The Bertz CT molecular complexity index is 997. The van der Waals surface area contributed by atoms with Gasteiger partial charge in [0.15, 0.2) is 0 Å². The van der Waals surface area contributed by atoms with Crippen molar-refractivity contribution in [1.82, 2.24) is 9.88 Å². The number of nitrogens with one attached hydrogen (secondary N) is 1. The van der Waals surface area contributed by atoms with Crippen molar-refractivity contribution in [1.29, 1.82) is 0 Å². The zero-order valence-electron chi connectivity index (χ0n) is 16.3. The summed E-state index contributed by atoms with van der Waals surface area (Å²) in [4.78, 5) is 11.0. The van der Waals surface area contributed by atoms with Gasteiger partial charge in [0.25, 0.3) is 0 Å². The molecule has 6 nitrogen and oxygen atoms in total. The lowest BCUT2D eigenvalue weighted by Gasteiger charge is -2.12. The van der Waals surface area contributed by atoms with Crippen molar-refractivity contribution in [3.05, 3.63) is 58.0 Å². The van der Waals surface area contributed by atoms with E-state index in [1.807, 2.05) is 0 Å². The standard InChI is InChI=1S/C21H22ClF2N5O/c22-17-9-13(1-2-18(17)24)10-19(28-30)15-3-5-26-21-16(15)11-20(27-21)25-6-8-29-7-4-14(23)12-29/h1-3,5,9,14,30H,4,6-8,10-12H2,(H,25,26,27)/b28-19+/t14-/m1/s1. The van der Waals surface area contributed by atoms with E-state index in [0.29, 0.717) is 43.9 Å². The van der Waals surface area contributed by atoms with Crippen LogP contribution in [0.3, 0.4) is 0 Å². The van der Waals surface area contributed by atoms with Gasteiger partial charge in [0.05, 0.1) is 17.3 Å². The summed E-state index contributed by atoms with van der Waals surface area (Å²) in [7, 11) is 0. The molecular weight excluding hydrogens is 412 g/mol. The number of oxime groups is 1. The lowest BCUT2D eigenvalue weighted by molar-refractivity contribution is 0.293. The number of hydrogen-bond acceptors (Lipinski definition) is 5. The van der Waals surface area contributed by atoms with E-state index in [2.05, 4.69) is 25.3 Å². The Hall–Kier alpha value is -2.58. The van der Waals surface area contributed by atoms with Crippen LogP contribution in [0.5, 0.6) is 0 Å². The summed E-state index contributed by atoms with van der Waals surface area (Å²) in [5, 5.41) is 16.3. The number of amidine groups is 1. The molecule has 1 aromatic carbocycles. The Morgan fingerprint density at radius 2 is 2.23 bits per heavy atom. The SMILES string of the molecule is O/N=C(\Cc1ccc(F)c(Cl)c1)c1ccnc2c1CC(=NCCN1CC[C@@H](F)C1)N2. The molecule has 1 fully saturated rings. The van der Waals surface area contributed by atoms with Gasteiger partial charge >= 0.3 is 0 Å². The number of hydrogen-bond donors (Lipinski definition) is 2. The summed E-state index contributed by atoms with van der Waals surface area (Å²) >= 11 is 5.87. The van der Waals surface area contributed by atoms with Gasteiger partial charge in [-0.3, -0.25) is 9.89 Å². The Balaban J connectivity index is 1.46. The van der Waals surface area contributed by atoms with Crippen LogP contribution >= 0.6 is 11.6 Å². The van der Waals surface area contributed by atoms with Gasteiger partial charge in [-0.15, -0.1) is 0 Å². The van der Waals surface area contributed by atoms with Crippen LogP contribution in [-0.4, -0.2) is 59.0 Å². The zero-order chi connectivity index (χ0) is 21.1. The van der Waals surface area contributed by atoms with E-state index in [1.54, 1.807) is 18.3 Å². The lowest BCUT2D eigenvalue weighted by atomic mass is 9.98. The van der Waals surface area contributed by atoms with Gasteiger partial charge in [-0.25, -0.2) is 13.8 Å². The van der Waals surface area contributed by atoms with Crippen LogP contribution < -0.4 is 5.32 Å². The van der Waals surface area contributed by atoms with E-state index in [0.717, 1.165) is 35.6 Å². The van der Waals surface area contributed by atoms with Crippen LogP contribution in [-0.2, 0) is 12.8 Å². The molecule has 30 heavy (non-hydrogen) atoms. The zero-order valence-corrected chi connectivity index (χ0v) is 17.0. The predicted octanol–water partition coefficient (Wildman–Crippen LogP) is 3.71. The van der Waals surface area contributed by atoms with Gasteiger partial charge in [0.1, 0.15) is 23.6 Å². The summed E-state index contributed by atoms with van der Waals surface area (Å²) in [6.07, 6.45) is 2.33. The maximum atomic E-state index is 13.4. The molecule has 0 aliphatic carbocycles. The van der Waals surface area contributed by atoms with Crippen molar-refractivity contribution in [2.75, 3.05) is 31.5 Å². The van der Waals surface area contributed by atoms with Gasteiger partial charge in [-0.1, -0.05) is 22.8 Å². The molecule has 0 amide bonds. The minimum atomic E-state index is -0.731. The molecule has 0 bridgehead atoms. The highest BCUT2D eigenvalue weighted by molar-refractivity contribution is 6.30. The number of fused-ring (bicyclic) bond motifs is 1. The predicted molar refractivity (Wildman–Crippen MR) is 113 cm³/mol. The highest BCUT2D eigenvalue weighted by Gasteiger charge is 2.24. The second-order valence-corrected chi connectivity index (χ2v) is 7.88. The number of anilines is 1. The van der Waals surface area contributed by atoms with E-state index in [1.165, 1.54) is 12.1 Å². The smallest absolute Gasteiger partial charge is 0.141 e. The van der Waals surface area contributed by atoms with Crippen LogP contribution in [0.1, 0.15) is 23.1 Å². The number of alkyl halides is 1. The minimum absolute atomic E-state index is 0.0258. The molecule has 0 spiro atoms. The summed E-state index contributed by atoms with van der Waals surface area (Å²) < 4.78 is 26.7. The molecule has 0 radical (unpaired) electrons. The maximum Gasteiger partial charge on any atom is 0.141 e. The number of benzene rings is 1. The summed E-state index contributed by atoms with van der Waals surface area (Å²) in [5.74, 6) is 0.964. The molecule has 4 rings (SSSR count). The average molecular weight is 434 g/mol. The second-order valence-electron chi connectivity index (χ2n) is 7.47. The van der Waals surface area contributed by atoms with Gasteiger partial charge in [0, 0.05) is 49.8 Å². The third-order valence-corrected chi connectivity index (χ3v) is 5.67. The molecule has 1 atom stereocenters. The molecule has 2 aromatic rings. The topological polar surface area (TPSA) is 73.1 Å². The van der Waals surface area contributed by atoms with Crippen molar-refractivity contribution >= 4 is 29.0 Å². The monoisotopic (exact) mass is 433 g/mol. The molecule has 2 aliphatic heterocycles. The molecule has 9 heteroatoms. The number of halogens is 3. The first-order valence-electron chi connectivity index (χ1n) is 9.83. The van der Waals surface area contributed by atoms with Crippen molar-refractivity contribution in [3.8, 4) is 0 Å². The first kappa shape index (κ1) is 20.7. The van der Waals surface area contributed by atoms with E-state index >= 15 is 0 Å². The molecule has 0 unspecified atom stereocenters. The Labute approximate surface area is 178 Å². The van der Waals surface area contributed by atoms with E-state index in [4.69, 9.17) is 11.6 Å². The third kappa shape index (κ3) is 4.60. The molecule has 1 saturated heterocycles. The summed E-state index contributed by atoms with van der Waals surface area (Å²) in [6.45, 7) is 2.55. The Morgan fingerprint density at radius 1 is 1.37 bits per heavy atom. The van der Waals surface area contributed by atoms with Crippen LogP contribution in [0.4, 0.5) is 14.6 Å². The lowest BCUT2D eigenvalue weighted by Crippen LogP contribution is -2.24. The molecule has 158 valence electrons. The number of likely N-dealkylation sites (tertiary alicyclic amines) is 1. The number of rotatable bonds is 6. The maximum absolute atomic E-state index is 13.4. The molecular formula is C21H22ClF2N5O. The van der Waals surface area contributed by atoms with Crippen molar-refractivity contribution in [3.63, 3.8) is 0 Å². The Morgan fingerprint density at radius 3 is 2.97 bits per heavy atom. The molecule has 2 N–H and O–H groups in total. The number of aliphatic imine (C=N–C) groups is 1. The first-order valence-corrected chi connectivity index (χ1v) is 10.2. The number of nitrogens with zero attached hydrogens (tertiary/aromatic N) is 4. The number of aromatic nitrogens is 1. The van der Waals surface area contributed by atoms with Crippen LogP contribution in [0.15, 0.2) is 40.6 Å². The van der Waals surface area contributed by atoms with Gasteiger partial charge in [0.2, 0.25) is 0 Å².